The third kappa shape index (κ3) is 2.15. The van der Waals surface area contributed by atoms with E-state index in [4.69, 9.17) is 28.2 Å². The maximum Gasteiger partial charge on any atom is 0.284 e. The van der Waals surface area contributed by atoms with Crippen molar-refractivity contribution < 1.29 is 4.42 Å². The highest BCUT2D eigenvalue weighted by Crippen LogP contribution is 2.38. The smallest absolute Gasteiger partial charge is 0.284 e. The Balaban J connectivity index is 2.10. The molecule has 0 radical (unpaired) electrons. The average molecular weight is 328 g/mol. The molecule has 4 aromatic rings. The van der Waals surface area contributed by atoms with Crippen molar-refractivity contribution in [2.45, 2.75) is 0 Å². The van der Waals surface area contributed by atoms with Gasteiger partial charge in [0.2, 0.25) is 0 Å². The molecule has 0 saturated carbocycles. The molecule has 4 rings (SSSR count). The number of hydrogen-bond acceptors (Lipinski definition) is 3. The van der Waals surface area contributed by atoms with Crippen LogP contribution in [-0.4, -0.2) is 15.2 Å². The van der Waals surface area contributed by atoms with Crippen molar-refractivity contribution in [2.75, 3.05) is 0 Å². The minimum Gasteiger partial charge on any atom is -0.408 e. The molecule has 0 aliphatic carbocycles. The van der Waals surface area contributed by atoms with Crippen LogP contribution in [0.5, 0.6) is 0 Å². The van der Waals surface area contributed by atoms with Gasteiger partial charge in [-0.15, -0.1) is 5.10 Å². The Bertz CT molecular complexity index is 1020. The number of nitrogens with one attached hydrogen (secondary N) is 2. The molecular weight excluding hydrogens is 318 g/mol. The van der Waals surface area contributed by atoms with Gasteiger partial charge in [-0.1, -0.05) is 41.9 Å². The van der Waals surface area contributed by atoms with Crippen LogP contribution in [-0.2, 0) is 0 Å². The molecule has 0 spiro atoms. The van der Waals surface area contributed by atoms with Crippen molar-refractivity contribution in [3.8, 4) is 22.7 Å². The van der Waals surface area contributed by atoms with Gasteiger partial charge in [-0.3, -0.25) is 0 Å². The van der Waals surface area contributed by atoms with E-state index in [2.05, 4.69) is 15.2 Å². The van der Waals surface area contributed by atoms with E-state index >= 15 is 0 Å². The summed E-state index contributed by atoms with van der Waals surface area (Å²) in [5.41, 5.74) is 3.77. The second kappa shape index (κ2) is 5.12. The maximum atomic E-state index is 6.16. The first-order valence-electron chi connectivity index (χ1n) is 6.65. The van der Waals surface area contributed by atoms with E-state index in [-0.39, 0.29) is 4.84 Å². The minimum absolute atomic E-state index is 0.241. The summed E-state index contributed by atoms with van der Waals surface area (Å²) in [7, 11) is 0. The molecule has 0 aliphatic heterocycles. The standard InChI is InChI=1S/C16H10ClN3OS/c17-10-6-7-12-11(8-10)13(9-4-2-1-3-5-9)14(18-12)15-19-20-16(22)21-15/h1-8,18H,(H,20,22). The fraction of sp³-hybridized carbons (Fsp3) is 0. The molecule has 0 amide bonds. The van der Waals surface area contributed by atoms with Crippen molar-refractivity contribution >= 4 is 34.7 Å². The first-order valence-corrected chi connectivity index (χ1v) is 7.43. The van der Waals surface area contributed by atoms with E-state index in [9.17, 15) is 0 Å². The third-order valence-corrected chi connectivity index (χ3v) is 3.88. The zero-order valence-corrected chi connectivity index (χ0v) is 12.8. The number of halogens is 1. The Hall–Kier alpha value is -2.37. The van der Waals surface area contributed by atoms with Gasteiger partial charge in [0, 0.05) is 21.5 Å². The highest BCUT2D eigenvalue weighted by atomic mass is 35.5. The highest BCUT2D eigenvalue weighted by Gasteiger charge is 2.18. The van der Waals surface area contributed by atoms with Gasteiger partial charge in [0.1, 0.15) is 5.69 Å². The zero-order valence-electron chi connectivity index (χ0n) is 11.3. The number of nitrogens with zero attached hydrogens (tertiary/aromatic N) is 1. The van der Waals surface area contributed by atoms with Crippen LogP contribution >= 0.6 is 23.8 Å². The number of benzene rings is 2. The van der Waals surface area contributed by atoms with Crippen LogP contribution in [0.15, 0.2) is 52.9 Å². The molecule has 2 heterocycles. The molecule has 108 valence electrons. The number of aromatic nitrogens is 3. The van der Waals surface area contributed by atoms with Crippen LogP contribution in [0.1, 0.15) is 0 Å². The highest BCUT2D eigenvalue weighted by molar-refractivity contribution is 7.71. The topological polar surface area (TPSA) is 57.6 Å². The molecule has 22 heavy (non-hydrogen) atoms. The first-order chi connectivity index (χ1) is 10.7. The number of H-pyrrole nitrogens is 2. The largest absolute Gasteiger partial charge is 0.408 e. The predicted octanol–water partition coefficient (Wildman–Crippen LogP) is 5.20. The Morgan fingerprint density at radius 3 is 2.64 bits per heavy atom. The van der Waals surface area contributed by atoms with E-state index in [0.717, 1.165) is 27.7 Å². The van der Waals surface area contributed by atoms with E-state index < -0.39 is 0 Å². The van der Waals surface area contributed by atoms with Gasteiger partial charge in [-0.2, -0.15) is 0 Å². The van der Waals surface area contributed by atoms with Gasteiger partial charge in [0.15, 0.2) is 0 Å². The molecular formula is C16H10ClN3OS. The van der Waals surface area contributed by atoms with E-state index in [0.29, 0.717) is 10.9 Å². The van der Waals surface area contributed by atoms with Crippen LogP contribution in [0.3, 0.4) is 0 Å². The molecule has 0 aliphatic rings. The monoisotopic (exact) mass is 327 g/mol. The van der Waals surface area contributed by atoms with Gasteiger partial charge in [0.25, 0.3) is 10.7 Å². The second-order valence-electron chi connectivity index (χ2n) is 4.85. The molecule has 2 aromatic carbocycles. The van der Waals surface area contributed by atoms with Crippen molar-refractivity contribution in [2.24, 2.45) is 0 Å². The lowest BCUT2D eigenvalue weighted by atomic mass is 10.0. The molecule has 0 bridgehead atoms. The molecule has 0 unspecified atom stereocenters. The lowest BCUT2D eigenvalue weighted by Crippen LogP contribution is -1.83. The summed E-state index contributed by atoms with van der Waals surface area (Å²) in [4.78, 5) is 3.58. The van der Waals surface area contributed by atoms with Gasteiger partial charge in [-0.05, 0) is 36.0 Å². The molecule has 4 nitrogen and oxygen atoms in total. The Kier molecular flexibility index (Phi) is 3.10. The maximum absolute atomic E-state index is 6.16. The van der Waals surface area contributed by atoms with Gasteiger partial charge in [-0.25, -0.2) is 5.10 Å². The Morgan fingerprint density at radius 2 is 1.91 bits per heavy atom. The van der Waals surface area contributed by atoms with Crippen LogP contribution in [0.25, 0.3) is 33.6 Å². The molecule has 2 N–H and O–H groups in total. The molecule has 6 heteroatoms. The summed E-state index contributed by atoms with van der Waals surface area (Å²) in [5, 5.41) is 8.47. The first kappa shape index (κ1) is 13.3. The van der Waals surface area contributed by atoms with Crippen molar-refractivity contribution in [1.29, 1.82) is 0 Å². The fourth-order valence-corrected chi connectivity index (χ4v) is 2.86. The molecule has 2 aromatic heterocycles. The summed E-state index contributed by atoms with van der Waals surface area (Å²) >= 11 is 11.1. The number of fused-ring (bicyclic) bond motifs is 1. The van der Waals surface area contributed by atoms with Gasteiger partial charge >= 0.3 is 0 Å². The predicted molar refractivity (Wildman–Crippen MR) is 89.4 cm³/mol. The normalized spacial score (nSPS) is 11.1. The van der Waals surface area contributed by atoms with Crippen molar-refractivity contribution in [3.63, 3.8) is 0 Å². The molecule has 0 fully saturated rings. The quantitative estimate of drug-likeness (QED) is 0.497. The SMILES string of the molecule is S=c1[nH]nc(-c2[nH]c3ccc(Cl)cc3c2-c2ccccc2)o1. The van der Waals surface area contributed by atoms with Gasteiger partial charge < -0.3 is 9.40 Å². The lowest BCUT2D eigenvalue weighted by Gasteiger charge is -2.02. The minimum atomic E-state index is 0.241. The summed E-state index contributed by atoms with van der Waals surface area (Å²) in [6.45, 7) is 0. The Morgan fingerprint density at radius 1 is 1.09 bits per heavy atom. The van der Waals surface area contributed by atoms with Crippen LogP contribution in [0.2, 0.25) is 5.02 Å². The van der Waals surface area contributed by atoms with Gasteiger partial charge in [0.05, 0.1) is 0 Å². The number of hydrogen-bond donors (Lipinski definition) is 2. The van der Waals surface area contributed by atoms with E-state index in [1.807, 2.05) is 48.5 Å². The summed E-state index contributed by atoms with van der Waals surface area (Å²) < 4.78 is 5.48. The molecule has 0 atom stereocenters. The summed E-state index contributed by atoms with van der Waals surface area (Å²) in [6, 6.07) is 15.7. The Labute approximate surface area is 135 Å². The number of aromatic amines is 2. The van der Waals surface area contributed by atoms with E-state index in [1.54, 1.807) is 0 Å². The fourth-order valence-electron chi connectivity index (χ4n) is 2.57. The van der Waals surface area contributed by atoms with E-state index in [1.165, 1.54) is 0 Å². The van der Waals surface area contributed by atoms with Crippen LogP contribution < -0.4 is 0 Å². The van der Waals surface area contributed by atoms with Crippen LogP contribution in [0.4, 0.5) is 0 Å². The second-order valence-corrected chi connectivity index (χ2v) is 5.66. The zero-order chi connectivity index (χ0) is 15.1. The summed E-state index contributed by atoms with van der Waals surface area (Å²) in [6.07, 6.45) is 0. The van der Waals surface area contributed by atoms with Crippen LogP contribution in [0, 0.1) is 4.84 Å². The molecule has 0 saturated heterocycles. The summed E-state index contributed by atoms with van der Waals surface area (Å²) in [5.74, 6) is 0.427. The third-order valence-electron chi connectivity index (χ3n) is 3.48. The lowest BCUT2D eigenvalue weighted by molar-refractivity contribution is 0.550. The van der Waals surface area contributed by atoms with Crippen molar-refractivity contribution in [3.05, 3.63) is 58.4 Å². The average Bonchev–Trinajstić information content (AvgIpc) is 3.11. The number of rotatable bonds is 2. The van der Waals surface area contributed by atoms with Crippen molar-refractivity contribution in [1.82, 2.24) is 15.2 Å².